The van der Waals surface area contributed by atoms with E-state index in [2.05, 4.69) is 9.51 Å². The van der Waals surface area contributed by atoms with E-state index < -0.39 is 38.6 Å². The van der Waals surface area contributed by atoms with E-state index in [4.69, 9.17) is 19.3 Å². The molecule has 0 saturated carbocycles. The Labute approximate surface area is 119 Å². The Kier molecular flexibility index (Phi) is 4.77. The number of phosphoric ester groups is 1. The predicted octanol–water partition coefficient (Wildman–Crippen LogP) is -0.990. The zero-order chi connectivity index (χ0) is 15.6. The largest absolute Gasteiger partial charge is 0.481 e. The van der Waals surface area contributed by atoms with Crippen molar-refractivity contribution in [2.45, 2.75) is 24.9 Å². The smallest absolute Gasteiger partial charge is 0.469 e. The van der Waals surface area contributed by atoms with Gasteiger partial charge in [0, 0.05) is 18.7 Å². The molecule has 0 spiro atoms. The van der Waals surface area contributed by atoms with Crippen LogP contribution in [-0.2, 0) is 13.8 Å². The fourth-order valence-corrected chi connectivity index (χ4v) is 2.28. The number of ether oxygens (including phenoxy) is 2. The molecule has 1 aliphatic heterocycles. The van der Waals surface area contributed by atoms with Gasteiger partial charge in [-0.05, 0) is 0 Å². The zero-order valence-corrected chi connectivity index (χ0v) is 11.9. The van der Waals surface area contributed by atoms with Crippen molar-refractivity contribution < 1.29 is 33.5 Å². The maximum absolute atomic E-state index is 11.8. The number of aromatic nitrogens is 2. The Morgan fingerprint density at radius 2 is 2.29 bits per heavy atom. The molecule has 0 bridgehead atoms. The summed E-state index contributed by atoms with van der Waals surface area (Å²) in [4.78, 5) is 32.7. The minimum atomic E-state index is -4.65. The van der Waals surface area contributed by atoms with Crippen LogP contribution in [-0.4, -0.2) is 50.4 Å². The molecule has 0 aliphatic carbocycles. The van der Waals surface area contributed by atoms with Crippen LogP contribution in [0.25, 0.3) is 0 Å². The van der Waals surface area contributed by atoms with Crippen LogP contribution in [0.4, 0.5) is 0 Å². The fraction of sp³-hybridized carbons (Fsp3) is 0.600. The maximum atomic E-state index is 11.8. The first-order valence-electron chi connectivity index (χ1n) is 5.97. The summed E-state index contributed by atoms with van der Waals surface area (Å²) >= 11 is 0. The van der Waals surface area contributed by atoms with Crippen molar-refractivity contribution in [1.29, 1.82) is 0 Å². The second-order valence-electron chi connectivity index (χ2n) is 4.38. The number of hydrogen-bond acceptors (Lipinski definition) is 7. The van der Waals surface area contributed by atoms with E-state index >= 15 is 0 Å². The van der Waals surface area contributed by atoms with Gasteiger partial charge in [-0.25, -0.2) is 9.36 Å². The first-order chi connectivity index (χ1) is 9.80. The van der Waals surface area contributed by atoms with E-state index in [1.165, 1.54) is 19.4 Å². The highest BCUT2D eigenvalue weighted by molar-refractivity contribution is 7.46. The van der Waals surface area contributed by atoms with Crippen LogP contribution in [0.5, 0.6) is 5.88 Å². The van der Waals surface area contributed by atoms with Gasteiger partial charge in [0.1, 0.15) is 12.3 Å². The Balaban J connectivity index is 2.07. The van der Waals surface area contributed by atoms with Crippen LogP contribution in [0.1, 0.15) is 12.6 Å². The second-order valence-corrected chi connectivity index (χ2v) is 5.62. The number of methoxy groups -OCH3 is 1. The van der Waals surface area contributed by atoms with Crippen molar-refractivity contribution in [2.75, 3.05) is 13.7 Å². The molecule has 1 aromatic rings. The molecule has 3 atom stereocenters. The molecule has 3 N–H and O–H groups in total. The topological polar surface area (TPSA) is 140 Å². The molecule has 11 heteroatoms. The molecule has 118 valence electrons. The summed E-state index contributed by atoms with van der Waals surface area (Å²) in [6, 6.07) is 1.45. The van der Waals surface area contributed by atoms with Crippen molar-refractivity contribution in [2.24, 2.45) is 0 Å². The fourth-order valence-electron chi connectivity index (χ4n) is 1.94. The van der Waals surface area contributed by atoms with Gasteiger partial charge >= 0.3 is 13.5 Å². The van der Waals surface area contributed by atoms with E-state index in [9.17, 15) is 14.5 Å². The lowest BCUT2D eigenvalue weighted by molar-refractivity contribution is -0.0451. The molecule has 0 radical (unpaired) electrons. The van der Waals surface area contributed by atoms with Gasteiger partial charge < -0.3 is 24.4 Å². The SMILES string of the molecule is COc1ccn([C@H]2C[C@H](O)[C@@H](COP(=O)(O)O)O2)c(=O)n1. The normalized spacial score (nSPS) is 26.0. The summed E-state index contributed by atoms with van der Waals surface area (Å²) in [6.45, 7) is -0.486. The minimum absolute atomic E-state index is 0.0725. The van der Waals surface area contributed by atoms with E-state index in [1.54, 1.807) is 0 Å². The Morgan fingerprint density at radius 1 is 1.57 bits per heavy atom. The highest BCUT2D eigenvalue weighted by Crippen LogP contribution is 2.38. The summed E-state index contributed by atoms with van der Waals surface area (Å²) in [5, 5.41) is 9.79. The number of aliphatic hydroxyl groups excluding tert-OH is 1. The summed E-state index contributed by atoms with van der Waals surface area (Å²) in [7, 11) is -3.27. The van der Waals surface area contributed by atoms with Gasteiger partial charge in [0.2, 0.25) is 5.88 Å². The standard InChI is InChI=1S/C10H15N2O8P/c1-18-8-2-3-12(10(14)11-8)9-4-6(13)7(20-9)5-19-21(15,16)17/h2-3,6-7,9,13H,4-5H2,1H3,(H2,15,16,17)/t6-,7+,9+/m0/s1. The van der Waals surface area contributed by atoms with Gasteiger partial charge in [-0.2, -0.15) is 4.98 Å². The first kappa shape index (κ1) is 16.1. The molecule has 1 fully saturated rings. The van der Waals surface area contributed by atoms with Gasteiger partial charge in [-0.15, -0.1) is 0 Å². The monoisotopic (exact) mass is 322 g/mol. The number of phosphoric acid groups is 1. The number of aliphatic hydroxyl groups is 1. The van der Waals surface area contributed by atoms with Gasteiger partial charge in [-0.1, -0.05) is 0 Å². The molecule has 0 aromatic carbocycles. The van der Waals surface area contributed by atoms with Crippen molar-refractivity contribution in [3.63, 3.8) is 0 Å². The summed E-state index contributed by atoms with van der Waals surface area (Å²) in [6.07, 6.45) is -1.29. The van der Waals surface area contributed by atoms with E-state index in [0.29, 0.717) is 0 Å². The maximum Gasteiger partial charge on any atom is 0.469 e. The molecule has 10 nitrogen and oxygen atoms in total. The summed E-state index contributed by atoms with van der Waals surface area (Å²) in [5.41, 5.74) is -0.622. The van der Waals surface area contributed by atoms with Crippen LogP contribution in [0.3, 0.4) is 0 Å². The molecular formula is C10H15N2O8P. The molecule has 2 rings (SSSR count). The molecule has 2 heterocycles. The van der Waals surface area contributed by atoms with Gasteiger partial charge in [-0.3, -0.25) is 9.09 Å². The van der Waals surface area contributed by atoms with Gasteiger partial charge in [0.15, 0.2) is 0 Å². The van der Waals surface area contributed by atoms with E-state index in [-0.39, 0.29) is 12.3 Å². The van der Waals surface area contributed by atoms with Gasteiger partial charge in [0.05, 0.1) is 19.8 Å². The van der Waals surface area contributed by atoms with Crippen molar-refractivity contribution in [1.82, 2.24) is 9.55 Å². The number of hydrogen-bond donors (Lipinski definition) is 3. The summed E-state index contributed by atoms with van der Waals surface area (Å²) in [5.74, 6) is 0.149. The van der Waals surface area contributed by atoms with Crippen molar-refractivity contribution in [3.8, 4) is 5.88 Å². The lowest BCUT2D eigenvalue weighted by Gasteiger charge is -2.16. The number of nitrogens with zero attached hydrogens (tertiary/aromatic N) is 2. The third kappa shape index (κ3) is 4.10. The van der Waals surface area contributed by atoms with Crippen LogP contribution >= 0.6 is 7.82 Å². The first-order valence-corrected chi connectivity index (χ1v) is 7.50. The summed E-state index contributed by atoms with van der Waals surface area (Å²) < 4.78 is 26.3. The Hall–Kier alpha value is -1.29. The van der Waals surface area contributed by atoms with Crippen LogP contribution < -0.4 is 10.4 Å². The molecule has 21 heavy (non-hydrogen) atoms. The molecule has 1 aliphatic rings. The molecule has 0 unspecified atom stereocenters. The lowest BCUT2D eigenvalue weighted by Crippen LogP contribution is -2.28. The quantitative estimate of drug-likeness (QED) is 0.583. The molecule has 1 saturated heterocycles. The average molecular weight is 322 g/mol. The highest BCUT2D eigenvalue weighted by atomic mass is 31.2. The van der Waals surface area contributed by atoms with Crippen LogP contribution in [0.2, 0.25) is 0 Å². The number of rotatable bonds is 5. The highest BCUT2D eigenvalue weighted by Gasteiger charge is 2.37. The second kappa shape index (κ2) is 6.22. The third-order valence-corrected chi connectivity index (χ3v) is 3.42. The van der Waals surface area contributed by atoms with Crippen molar-refractivity contribution in [3.05, 3.63) is 22.7 Å². The van der Waals surface area contributed by atoms with Crippen molar-refractivity contribution >= 4 is 7.82 Å². The van der Waals surface area contributed by atoms with E-state index in [1.807, 2.05) is 0 Å². The predicted molar refractivity (Wildman–Crippen MR) is 67.6 cm³/mol. The Morgan fingerprint density at radius 3 is 2.86 bits per heavy atom. The lowest BCUT2D eigenvalue weighted by atomic mass is 10.2. The molecule has 0 amide bonds. The van der Waals surface area contributed by atoms with E-state index in [0.717, 1.165) is 4.57 Å². The minimum Gasteiger partial charge on any atom is -0.481 e. The Bertz CT molecular complexity index is 599. The molecule has 1 aromatic heterocycles. The van der Waals surface area contributed by atoms with Crippen LogP contribution in [0, 0.1) is 0 Å². The zero-order valence-electron chi connectivity index (χ0n) is 11.0. The molecular weight excluding hydrogens is 307 g/mol. The average Bonchev–Trinajstić information content (AvgIpc) is 2.76. The third-order valence-electron chi connectivity index (χ3n) is 2.93. The van der Waals surface area contributed by atoms with Gasteiger partial charge in [0.25, 0.3) is 0 Å². The van der Waals surface area contributed by atoms with Crippen LogP contribution in [0.15, 0.2) is 17.1 Å².